The molecule has 2 amide bonds. The maximum atomic E-state index is 13.6. The maximum Gasteiger partial charge on any atom is 0.329 e. The number of carboxylic acids is 1. The van der Waals surface area contributed by atoms with Gasteiger partial charge >= 0.3 is 12.0 Å². The molecule has 0 aromatic heterocycles. The van der Waals surface area contributed by atoms with Crippen molar-refractivity contribution in [1.29, 1.82) is 0 Å². The second-order valence-electron chi connectivity index (χ2n) is 9.04. The summed E-state index contributed by atoms with van der Waals surface area (Å²) in [5, 5.41) is 12.0. The average molecular weight is 521 g/mol. The molecule has 3 rings (SSSR count). The molecule has 0 heterocycles. The van der Waals surface area contributed by atoms with Crippen LogP contribution in [-0.4, -0.2) is 59.8 Å². The summed E-state index contributed by atoms with van der Waals surface area (Å²) in [6.45, 7) is 6.87. The van der Waals surface area contributed by atoms with Gasteiger partial charge in [-0.25, -0.2) is 18.4 Å². The Morgan fingerprint density at radius 2 is 1.65 bits per heavy atom. The van der Waals surface area contributed by atoms with Crippen molar-refractivity contribution in [3.63, 3.8) is 0 Å². The molecular weight excluding hydrogens is 486 g/mol. The van der Waals surface area contributed by atoms with Crippen molar-refractivity contribution in [2.75, 3.05) is 26.4 Å². The van der Waals surface area contributed by atoms with Gasteiger partial charge in [-0.2, -0.15) is 0 Å². The van der Waals surface area contributed by atoms with Crippen LogP contribution in [0.15, 0.2) is 48.5 Å². The molecule has 2 aromatic carbocycles. The Kier molecular flexibility index (Phi) is 9.31. The number of carbonyl (C=O) groups is 2. The maximum absolute atomic E-state index is 13.6. The van der Waals surface area contributed by atoms with E-state index in [1.807, 2.05) is 44.2 Å². The quantitative estimate of drug-likeness (QED) is 0.360. The van der Waals surface area contributed by atoms with Gasteiger partial charge in [0, 0.05) is 25.5 Å². The van der Waals surface area contributed by atoms with Gasteiger partial charge < -0.3 is 29.5 Å². The highest BCUT2D eigenvalue weighted by Crippen LogP contribution is 2.46. The Morgan fingerprint density at radius 1 is 1.05 bits per heavy atom. The molecule has 1 aliphatic rings. The molecule has 10 heteroatoms. The standard InChI is InChI=1S/C27H34F2N2O6/c1-4-36-22-13-21(14-23(15-22)37-5-2)19(3)31(11-12-35-16-20-9-7-6-8-10-20)25(34)30-26(24(32)33)17-27(28,29)18-26/h6-10,13-15,19H,4-5,11-12,16-18H2,1-3H3,(H,30,34)(H,32,33). The summed E-state index contributed by atoms with van der Waals surface area (Å²) in [5.74, 6) is -3.52. The van der Waals surface area contributed by atoms with Crippen molar-refractivity contribution in [1.82, 2.24) is 10.2 Å². The summed E-state index contributed by atoms with van der Waals surface area (Å²) in [4.78, 5) is 26.6. The van der Waals surface area contributed by atoms with Crippen LogP contribution < -0.4 is 14.8 Å². The first-order chi connectivity index (χ1) is 17.6. The molecule has 8 nitrogen and oxygen atoms in total. The van der Waals surface area contributed by atoms with Crippen LogP contribution in [0.2, 0.25) is 0 Å². The molecule has 1 fully saturated rings. The fourth-order valence-electron chi connectivity index (χ4n) is 4.31. The summed E-state index contributed by atoms with van der Waals surface area (Å²) in [7, 11) is 0. The molecular formula is C27H34F2N2O6. The van der Waals surface area contributed by atoms with Crippen LogP contribution in [-0.2, 0) is 16.1 Å². The molecule has 2 N–H and O–H groups in total. The van der Waals surface area contributed by atoms with Crippen LogP contribution in [0.5, 0.6) is 11.5 Å². The predicted octanol–water partition coefficient (Wildman–Crippen LogP) is 5.03. The Hall–Kier alpha value is -3.40. The highest BCUT2D eigenvalue weighted by Gasteiger charge is 2.62. The minimum atomic E-state index is -3.14. The smallest absolute Gasteiger partial charge is 0.329 e. The Labute approximate surface area is 215 Å². The van der Waals surface area contributed by atoms with E-state index in [0.717, 1.165) is 5.56 Å². The lowest BCUT2D eigenvalue weighted by Crippen LogP contribution is -2.68. The second kappa shape index (κ2) is 12.2. The van der Waals surface area contributed by atoms with Crippen molar-refractivity contribution in [2.45, 2.75) is 57.7 Å². The third-order valence-corrected chi connectivity index (χ3v) is 6.20. The molecule has 2 aromatic rings. The van der Waals surface area contributed by atoms with Crippen LogP contribution in [0.25, 0.3) is 0 Å². The van der Waals surface area contributed by atoms with E-state index in [2.05, 4.69) is 5.32 Å². The predicted molar refractivity (Wildman–Crippen MR) is 133 cm³/mol. The summed E-state index contributed by atoms with van der Waals surface area (Å²) in [5.41, 5.74) is -0.387. The number of carboxylic acid groups (broad SMARTS) is 1. The molecule has 37 heavy (non-hydrogen) atoms. The Morgan fingerprint density at radius 3 is 2.16 bits per heavy atom. The number of urea groups is 1. The monoisotopic (exact) mass is 520 g/mol. The number of alkyl halides is 2. The van der Waals surface area contributed by atoms with Gasteiger partial charge in [0.25, 0.3) is 5.92 Å². The Bertz CT molecular complexity index is 1030. The average Bonchev–Trinajstić information content (AvgIpc) is 2.83. The molecule has 1 unspecified atom stereocenters. The lowest BCUT2D eigenvalue weighted by Gasteiger charge is -2.45. The molecule has 1 saturated carbocycles. The first-order valence-corrected chi connectivity index (χ1v) is 12.3. The van der Waals surface area contributed by atoms with Gasteiger partial charge in [-0.1, -0.05) is 30.3 Å². The minimum absolute atomic E-state index is 0.0920. The largest absolute Gasteiger partial charge is 0.494 e. The van der Waals surface area contributed by atoms with E-state index < -0.39 is 42.3 Å². The minimum Gasteiger partial charge on any atom is -0.494 e. The number of nitrogens with zero attached hydrogens (tertiary/aromatic N) is 1. The van der Waals surface area contributed by atoms with E-state index in [0.29, 0.717) is 36.9 Å². The first-order valence-electron chi connectivity index (χ1n) is 12.3. The third kappa shape index (κ3) is 7.31. The molecule has 202 valence electrons. The van der Waals surface area contributed by atoms with Crippen molar-refractivity contribution >= 4 is 12.0 Å². The molecule has 0 aliphatic heterocycles. The van der Waals surface area contributed by atoms with E-state index in [1.165, 1.54) is 4.90 Å². The van der Waals surface area contributed by atoms with E-state index >= 15 is 0 Å². The number of benzene rings is 2. The summed E-state index contributed by atoms with van der Waals surface area (Å²) < 4.78 is 44.3. The highest BCUT2D eigenvalue weighted by molar-refractivity contribution is 5.88. The molecule has 0 bridgehead atoms. The van der Waals surface area contributed by atoms with Crippen molar-refractivity contribution < 1.29 is 37.7 Å². The SMILES string of the molecule is CCOc1cc(OCC)cc(C(C)N(CCOCc2ccccc2)C(=O)NC2(C(=O)O)CC(F)(F)C2)c1. The van der Waals surface area contributed by atoms with Gasteiger partial charge in [0.2, 0.25) is 0 Å². The van der Waals surface area contributed by atoms with E-state index in [9.17, 15) is 23.5 Å². The Balaban J connectivity index is 1.81. The number of rotatable bonds is 13. The molecule has 0 spiro atoms. The zero-order valence-electron chi connectivity index (χ0n) is 21.3. The number of aliphatic carboxylic acids is 1. The van der Waals surface area contributed by atoms with Gasteiger partial charge in [0.05, 0.1) is 32.5 Å². The van der Waals surface area contributed by atoms with Crippen molar-refractivity contribution in [3.8, 4) is 11.5 Å². The second-order valence-corrected chi connectivity index (χ2v) is 9.04. The number of amides is 2. The molecule has 1 aliphatic carbocycles. The number of hydrogen-bond donors (Lipinski definition) is 2. The van der Waals surface area contributed by atoms with Crippen LogP contribution in [0.1, 0.15) is 50.8 Å². The zero-order valence-corrected chi connectivity index (χ0v) is 21.3. The van der Waals surface area contributed by atoms with Crippen molar-refractivity contribution in [2.24, 2.45) is 0 Å². The fourth-order valence-corrected chi connectivity index (χ4v) is 4.31. The highest BCUT2D eigenvalue weighted by atomic mass is 19.3. The summed E-state index contributed by atoms with van der Waals surface area (Å²) in [6.07, 6.45) is -1.91. The number of carbonyl (C=O) groups excluding carboxylic acids is 1. The first kappa shape index (κ1) is 28.2. The van der Waals surface area contributed by atoms with Gasteiger partial charge in [-0.3, -0.25) is 0 Å². The number of hydrogen-bond acceptors (Lipinski definition) is 5. The van der Waals surface area contributed by atoms with Gasteiger partial charge in [-0.05, 0) is 44.0 Å². The van der Waals surface area contributed by atoms with E-state index in [1.54, 1.807) is 25.1 Å². The lowest BCUT2D eigenvalue weighted by molar-refractivity contribution is -0.175. The van der Waals surface area contributed by atoms with Crippen molar-refractivity contribution in [3.05, 3.63) is 59.7 Å². The fraction of sp³-hybridized carbons (Fsp3) is 0.481. The zero-order chi connectivity index (χ0) is 27.1. The van der Waals surface area contributed by atoms with Crippen LogP contribution in [0.4, 0.5) is 13.6 Å². The van der Waals surface area contributed by atoms with Crippen LogP contribution >= 0.6 is 0 Å². The molecule has 1 atom stereocenters. The summed E-state index contributed by atoms with van der Waals surface area (Å²) >= 11 is 0. The lowest BCUT2D eigenvalue weighted by atomic mass is 9.73. The number of halogens is 2. The van der Waals surface area contributed by atoms with Gasteiger partial charge in [0.1, 0.15) is 11.5 Å². The van der Waals surface area contributed by atoms with E-state index in [-0.39, 0.29) is 13.2 Å². The van der Waals surface area contributed by atoms with Gasteiger partial charge in [-0.15, -0.1) is 0 Å². The van der Waals surface area contributed by atoms with E-state index in [4.69, 9.17) is 14.2 Å². The molecule has 0 saturated heterocycles. The van der Waals surface area contributed by atoms with Crippen LogP contribution in [0.3, 0.4) is 0 Å². The third-order valence-electron chi connectivity index (χ3n) is 6.20. The van der Waals surface area contributed by atoms with Gasteiger partial charge in [0.15, 0.2) is 5.54 Å². The number of ether oxygens (including phenoxy) is 3. The topological polar surface area (TPSA) is 97.3 Å². The molecule has 0 radical (unpaired) electrons. The normalized spacial score (nSPS) is 16.2. The van der Waals surface area contributed by atoms with Crippen LogP contribution in [0, 0.1) is 0 Å². The number of nitrogens with one attached hydrogen (secondary N) is 1. The summed E-state index contributed by atoms with van der Waals surface area (Å²) in [6, 6.07) is 13.4.